The van der Waals surface area contributed by atoms with Gasteiger partial charge in [-0.15, -0.1) is 0 Å². The van der Waals surface area contributed by atoms with E-state index >= 15 is 0 Å². The van der Waals surface area contributed by atoms with E-state index in [9.17, 15) is 4.79 Å². The van der Waals surface area contributed by atoms with Crippen LogP contribution in [0, 0.1) is 0 Å². The number of fused-ring (bicyclic) bond motifs is 1. The van der Waals surface area contributed by atoms with Crippen molar-refractivity contribution in [2.24, 2.45) is 0 Å². The van der Waals surface area contributed by atoms with Gasteiger partial charge in [-0.3, -0.25) is 4.79 Å². The molecule has 0 fully saturated rings. The third kappa shape index (κ3) is 4.01. The highest BCUT2D eigenvalue weighted by atomic mass is 35.5. The summed E-state index contributed by atoms with van der Waals surface area (Å²) in [5, 5.41) is 3.93. The molecule has 0 saturated heterocycles. The molecule has 3 rings (SSSR count). The molecule has 0 atom stereocenters. The second kappa shape index (κ2) is 8.05. The minimum absolute atomic E-state index is 0.336. The summed E-state index contributed by atoms with van der Waals surface area (Å²) in [6.45, 7) is 0. The Balaban J connectivity index is 1.78. The van der Waals surface area contributed by atoms with Crippen molar-refractivity contribution in [2.75, 3.05) is 26.6 Å². The van der Waals surface area contributed by atoms with E-state index in [2.05, 4.69) is 5.32 Å². The quantitative estimate of drug-likeness (QED) is 0.617. The number of hydrogen-bond donors (Lipinski definition) is 1. The molecule has 0 bridgehead atoms. The lowest BCUT2D eigenvalue weighted by Crippen LogP contribution is -2.08. The maximum Gasteiger partial charge on any atom is 0.248 e. The number of anilines is 1. The number of ether oxygens (including phenoxy) is 3. The molecule has 3 aromatic rings. The highest BCUT2D eigenvalue weighted by Gasteiger charge is 2.12. The van der Waals surface area contributed by atoms with Crippen LogP contribution in [-0.4, -0.2) is 27.2 Å². The highest BCUT2D eigenvalue weighted by molar-refractivity contribution is 6.34. The van der Waals surface area contributed by atoms with Gasteiger partial charge in [0, 0.05) is 23.6 Å². The van der Waals surface area contributed by atoms with Crippen LogP contribution in [0.2, 0.25) is 5.02 Å². The number of carbonyl (C=O) groups is 1. The average molecular weight is 388 g/mol. The van der Waals surface area contributed by atoms with E-state index in [1.54, 1.807) is 25.3 Å². The minimum Gasteiger partial charge on any atom is -0.493 e. The molecular formula is C20H18ClNO5. The summed E-state index contributed by atoms with van der Waals surface area (Å²) in [7, 11) is 4.59. The van der Waals surface area contributed by atoms with Crippen LogP contribution in [0.4, 0.5) is 5.69 Å². The molecule has 7 heteroatoms. The Morgan fingerprint density at radius 3 is 2.44 bits per heavy atom. The van der Waals surface area contributed by atoms with Crippen LogP contribution < -0.4 is 19.5 Å². The number of halogens is 1. The summed E-state index contributed by atoms with van der Waals surface area (Å²) in [5.74, 6) is 1.74. The zero-order valence-corrected chi connectivity index (χ0v) is 15.8. The molecule has 2 aromatic carbocycles. The Morgan fingerprint density at radius 1 is 1.04 bits per heavy atom. The Hall–Kier alpha value is -3.12. The van der Waals surface area contributed by atoms with E-state index in [0.717, 1.165) is 5.39 Å². The van der Waals surface area contributed by atoms with Gasteiger partial charge in [0.1, 0.15) is 5.76 Å². The molecule has 0 aliphatic rings. The number of methoxy groups -OCH3 is 3. The smallest absolute Gasteiger partial charge is 0.248 e. The monoisotopic (exact) mass is 387 g/mol. The maximum atomic E-state index is 12.2. The molecule has 1 aromatic heterocycles. The van der Waals surface area contributed by atoms with Crippen molar-refractivity contribution in [1.82, 2.24) is 0 Å². The average Bonchev–Trinajstić information content (AvgIpc) is 3.10. The third-order valence-corrected chi connectivity index (χ3v) is 4.19. The van der Waals surface area contributed by atoms with Crippen molar-refractivity contribution in [3.8, 4) is 17.2 Å². The molecule has 6 nitrogen and oxygen atoms in total. The first-order chi connectivity index (χ1) is 13.0. The molecule has 0 unspecified atom stereocenters. The fourth-order valence-corrected chi connectivity index (χ4v) is 2.78. The van der Waals surface area contributed by atoms with Crippen molar-refractivity contribution in [3.05, 3.63) is 53.3 Å². The van der Waals surface area contributed by atoms with Crippen molar-refractivity contribution in [3.63, 3.8) is 0 Å². The van der Waals surface area contributed by atoms with Crippen LogP contribution in [-0.2, 0) is 4.79 Å². The molecule has 1 amide bonds. The van der Waals surface area contributed by atoms with Gasteiger partial charge in [0.2, 0.25) is 5.91 Å². The number of para-hydroxylation sites is 1. The van der Waals surface area contributed by atoms with Crippen molar-refractivity contribution >= 4 is 40.2 Å². The van der Waals surface area contributed by atoms with Crippen LogP contribution in [0.15, 0.2) is 46.9 Å². The first-order valence-corrected chi connectivity index (χ1v) is 8.40. The van der Waals surface area contributed by atoms with E-state index < -0.39 is 0 Å². The van der Waals surface area contributed by atoms with Gasteiger partial charge in [0.25, 0.3) is 0 Å². The Morgan fingerprint density at radius 2 is 1.74 bits per heavy atom. The second-order valence-electron chi connectivity index (χ2n) is 5.54. The van der Waals surface area contributed by atoms with Crippen LogP contribution in [0.3, 0.4) is 0 Å². The van der Waals surface area contributed by atoms with E-state index in [1.165, 1.54) is 20.3 Å². The molecule has 0 radical (unpaired) electrons. The SMILES string of the molecule is COc1cc(Cl)c(NC(=O)/C=C/c2cc3cccc(OC)c3o2)cc1OC. The topological polar surface area (TPSA) is 69.9 Å². The van der Waals surface area contributed by atoms with Crippen molar-refractivity contribution < 1.29 is 23.4 Å². The van der Waals surface area contributed by atoms with Gasteiger partial charge in [-0.25, -0.2) is 0 Å². The lowest BCUT2D eigenvalue weighted by atomic mass is 10.2. The van der Waals surface area contributed by atoms with Gasteiger partial charge < -0.3 is 23.9 Å². The Labute approximate surface area is 161 Å². The van der Waals surface area contributed by atoms with E-state index in [-0.39, 0.29) is 5.91 Å². The molecular weight excluding hydrogens is 370 g/mol. The molecule has 140 valence electrons. The van der Waals surface area contributed by atoms with Crippen LogP contribution in [0.5, 0.6) is 17.2 Å². The molecule has 0 aliphatic heterocycles. The summed E-state index contributed by atoms with van der Waals surface area (Å²) >= 11 is 6.18. The van der Waals surface area contributed by atoms with Gasteiger partial charge >= 0.3 is 0 Å². The fourth-order valence-electron chi connectivity index (χ4n) is 2.58. The van der Waals surface area contributed by atoms with Crippen molar-refractivity contribution in [2.45, 2.75) is 0 Å². The largest absolute Gasteiger partial charge is 0.493 e. The number of amides is 1. The molecule has 1 N–H and O–H groups in total. The van der Waals surface area contributed by atoms with Crippen LogP contribution in [0.1, 0.15) is 5.76 Å². The maximum absolute atomic E-state index is 12.2. The fraction of sp³-hybridized carbons (Fsp3) is 0.150. The zero-order chi connectivity index (χ0) is 19.4. The summed E-state index contributed by atoms with van der Waals surface area (Å²) in [5.41, 5.74) is 1.04. The standard InChI is InChI=1S/C20H18ClNO5/c1-24-16-6-4-5-12-9-13(27-20(12)16)7-8-19(23)22-15-11-18(26-3)17(25-2)10-14(15)21/h4-11H,1-3H3,(H,22,23)/b8-7+. The van der Waals surface area contributed by atoms with E-state index in [1.807, 2.05) is 24.3 Å². The van der Waals surface area contributed by atoms with E-state index in [4.69, 9.17) is 30.2 Å². The minimum atomic E-state index is -0.364. The van der Waals surface area contributed by atoms with Crippen LogP contribution >= 0.6 is 11.6 Å². The predicted molar refractivity (Wildman–Crippen MR) is 105 cm³/mol. The molecule has 27 heavy (non-hydrogen) atoms. The summed E-state index contributed by atoms with van der Waals surface area (Å²) in [6, 6.07) is 10.6. The second-order valence-corrected chi connectivity index (χ2v) is 5.94. The van der Waals surface area contributed by atoms with Gasteiger partial charge in [0.05, 0.1) is 32.0 Å². The highest BCUT2D eigenvalue weighted by Crippen LogP contribution is 2.36. The number of furan rings is 1. The molecule has 0 spiro atoms. The first-order valence-electron chi connectivity index (χ1n) is 8.03. The summed E-state index contributed by atoms with van der Waals surface area (Å²) < 4.78 is 21.4. The summed E-state index contributed by atoms with van der Waals surface area (Å²) in [4.78, 5) is 12.2. The zero-order valence-electron chi connectivity index (χ0n) is 15.0. The molecule has 1 heterocycles. The Kier molecular flexibility index (Phi) is 5.57. The van der Waals surface area contributed by atoms with Crippen LogP contribution in [0.25, 0.3) is 17.0 Å². The van der Waals surface area contributed by atoms with Gasteiger partial charge in [0.15, 0.2) is 22.8 Å². The number of carbonyl (C=O) groups excluding carboxylic acids is 1. The number of hydrogen-bond acceptors (Lipinski definition) is 5. The summed E-state index contributed by atoms with van der Waals surface area (Å²) in [6.07, 6.45) is 2.93. The Bertz CT molecular complexity index is 1010. The third-order valence-electron chi connectivity index (χ3n) is 3.88. The van der Waals surface area contributed by atoms with Crippen molar-refractivity contribution in [1.29, 1.82) is 0 Å². The normalized spacial score (nSPS) is 11.0. The van der Waals surface area contributed by atoms with Gasteiger partial charge in [-0.05, 0) is 18.2 Å². The lowest BCUT2D eigenvalue weighted by Gasteiger charge is -2.11. The first kappa shape index (κ1) is 18.7. The van der Waals surface area contributed by atoms with Gasteiger partial charge in [-0.1, -0.05) is 23.7 Å². The number of benzene rings is 2. The number of nitrogens with one attached hydrogen (secondary N) is 1. The lowest BCUT2D eigenvalue weighted by molar-refractivity contribution is -0.111. The van der Waals surface area contributed by atoms with Gasteiger partial charge in [-0.2, -0.15) is 0 Å². The number of rotatable bonds is 6. The molecule has 0 saturated carbocycles. The predicted octanol–water partition coefficient (Wildman–Crippen LogP) is 4.76. The van der Waals surface area contributed by atoms with E-state index in [0.29, 0.717) is 39.3 Å². The molecule has 0 aliphatic carbocycles.